The van der Waals surface area contributed by atoms with Crippen LogP contribution in [-0.4, -0.2) is 66.7 Å². The Morgan fingerprint density at radius 1 is 1.06 bits per heavy atom. The van der Waals surface area contributed by atoms with Gasteiger partial charge < -0.3 is 14.8 Å². The molecule has 0 atom stereocenters. The second-order valence-corrected chi connectivity index (χ2v) is 10.9. The molecule has 0 bridgehead atoms. The Hall–Kier alpha value is -2.47. The average Bonchev–Trinajstić information content (AvgIpc) is 2.74. The van der Waals surface area contributed by atoms with Crippen molar-refractivity contribution in [2.75, 3.05) is 45.0 Å². The van der Waals surface area contributed by atoms with E-state index in [-0.39, 0.29) is 41.0 Å². The summed E-state index contributed by atoms with van der Waals surface area (Å²) in [7, 11) is -5.74. The second-order valence-electron chi connectivity index (χ2n) is 7.02. The van der Waals surface area contributed by atoms with Crippen molar-refractivity contribution in [3.8, 4) is 5.75 Å². The van der Waals surface area contributed by atoms with Crippen LogP contribution in [0.5, 0.6) is 5.75 Å². The van der Waals surface area contributed by atoms with Crippen LogP contribution in [0.3, 0.4) is 0 Å². The van der Waals surface area contributed by atoms with Crippen molar-refractivity contribution in [1.82, 2.24) is 4.31 Å². The van der Waals surface area contributed by atoms with Crippen molar-refractivity contribution < 1.29 is 31.1 Å². The number of carbonyl (C=O) groups excluding carboxylic acids is 1. The monoisotopic (exact) mass is 468 g/mol. The molecular weight excluding hydrogens is 444 g/mol. The predicted octanol–water partition coefficient (Wildman–Crippen LogP) is 1.30. The molecule has 0 spiro atoms. The van der Waals surface area contributed by atoms with Gasteiger partial charge in [-0.25, -0.2) is 16.8 Å². The Kier molecular flexibility index (Phi) is 6.99. The van der Waals surface area contributed by atoms with Crippen LogP contribution < -0.4 is 10.1 Å². The smallest absolute Gasteiger partial charge is 0.246 e. The van der Waals surface area contributed by atoms with Gasteiger partial charge in [0.15, 0.2) is 9.84 Å². The van der Waals surface area contributed by atoms with E-state index in [1.54, 1.807) is 6.07 Å². The largest absolute Gasteiger partial charge is 0.495 e. The van der Waals surface area contributed by atoms with Crippen molar-refractivity contribution in [3.63, 3.8) is 0 Å². The van der Waals surface area contributed by atoms with Gasteiger partial charge in [0.25, 0.3) is 0 Å². The highest BCUT2D eigenvalue weighted by atomic mass is 32.2. The Labute approximate surface area is 181 Å². The highest BCUT2D eigenvalue weighted by Crippen LogP contribution is 2.28. The van der Waals surface area contributed by atoms with Gasteiger partial charge in [-0.05, 0) is 42.0 Å². The van der Waals surface area contributed by atoms with E-state index in [9.17, 15) is 21.6 Å². The first kappa shape index (κ1) is 23.2. The van der Waals surface area contributed by atoms with Gasteiger partial charge in [0.2, 0.25) is 15.9 Å². The highest BCUT2D eigenvalue weighted by molar-refractivity contribution is 7.90. The fourth-order valence-corrected chi connectivity index (χ4v) is 5.38. The van der Waals surface area contributed by atoms with Crippen molar-refractivity contribution in [2.45, 2.75) is 16.2 Å². The van der Waals surface area contributed by atoms with Crippen LogP contribution >= 0.6 is 0 Å². The van der Waals surface area contributed by atoms with Gasteiger partial charge in [0.05, 0.1) is 31.6 Å². The molecule has 0 saturated carbocycles. The number of sulfonamides is 1. The molecule has 168 valence electrons. The fraction of sp³-hybridized carbons (Fsp3) is 0.350. The molecule has 1 aliphatic rings. The predicted molar refractivity (Wildman–Crippen MR) is 114 cm³/mol. The molecule has 9 nitrogen and oxygen atoms in total. The molecule has 31 heavy (non-hydrogen) atoms. The molecule has 1 heterocycles. The lowest BCUT2D eigenvalue weighted by atomic mass is 10.1. The first-order valence-electron chi connectivity index (χ1n) is 9.46. The van der Waals surface area contributed by atoms with E-state index in [0.29, 0.717) is 24.5 Å². The molecule has 0 aliphatic carbocycles. The summed E-state index contributed by atoms with van der Waals surface area (Å²) in [4.78, 5) is 12.6. The number of ether oxygens (including phenoxy) is 2. The van der Waals surface area contributed by atoms with E-state index in [1.165, 1.54) is 47.8 Å². The molecule has 2 aromatic carbocycles. The summed E-state index contributed by atoms with van der Waals surface area (Å²) >= 11 is 0. The quantitative estimate of drug-likeness (QED) is 0.650. The van der Waals surface area contributed by atoms with E-state index >= 15 is 0 Å². The molecule has 1 fully saturated rings. The lowest BCUT2D eigenvalue weighted by Gasteiger charge is -2.26. The number of benzene rings is 2. The molecule has 1 N–H and O–H groups in total. The maximum Gasteiger partial charge on any atom is 0.246 e. The summed E-state index contributed by atoms with van der Waals surface area (Å²) in [5.41, 5.74) is 0.935. The van der Waals surface area contributed by atoms with Crippen molar-refractivity contribution >= 4 is 31.5 Å². The topological polar surface area (TPSA) is 119 Å². The minimum absolute atomic E-state index is 0.000273. The molecule has 1 amide bonds. The third-order valence-corrected chi connectivity index (χ3v) is 7.80. The minimum atomic E-state index is -3.80. The van der Waals surface area contributed by atoms with Gasteiger partial charge >= 0.3 is 0 Å². The standard InChI is InChI=1S/C20H24N2O7S2/c1-28-18-8-3-15(13-19(18)31(26,27)22-9-11-29-12-10-22)14-20(23)21-16-4-6-17(7-5-16)30(2,24)25/h3-8,13H,9-12,14H2,1-2H3,(H,21,23). The van der Waals surface area contributed by atoms with E-state index in [0.717, 1.165) is 6.26 Å². The molecule has 0 radical (unpaired) electrons. The number of nitrogens with zero attached hydrogens (tertiary/aromatic N) is 1. The normalized spacial score (nSPS) is 15.4. The first-order valence-corrected chi connectivity index (χ1v) is 12.8. The molecule has 11 heteroatoms. The van der Waals surface area contributed by atoms with Gasteiger partial charge in [-0.3, -0.25) is 4.79 Å². The van der Waals surface area contributed by atoms with Crippen LogP contribution in [0, 0.1) is 0 Å². The number of anilines is 1. The molecule has 3 rings (SSSR count). The second kappa shape index (κ2) is 9.35. The van der Waals surface area contributed by atoms with Gasteiger partial charge in [-0.2, -0.15) is 4.31 Å². The van der Waals surface area contributed by atoms with Gasteiger partial charge in [-0.1, -0.05) is 6.07 Å². The number of hydrogen-bond donors (Lipinski definition) is 1. The Morgan fingerprint density at radius 3 is 2.29 bits per heavy atom. The highest BCUT2D eigenvalue weighted by Gasteiger charge is 2.29. The molecular formula is C20H24N2O7S2. The van der Waals surface area contributed by atoms with Crippen LogP contribution in [0.2, 0.25) is 0 Å². The zero-order chi connectivity index (χ0) is 22.6. The molecule has 2 aromatic rings. The maximum atomic E-state index is 13.0. The zero-order valence-electron chi connectivity index (χ0n) is 17.2. The summed E-state index contributed by atoms with van der Waals surface area (Å²) in [6, 6.07) is 10.4. The van der Waals surface area contributed by atoms with Crippen LogP contribution in [0.1, 0.15) is 5.56 Å². The van der Waals surface area contributed by atoms with Crippen molar-refractivity contribution in [1.29, 1.82) is 0 Å². The number of amides is 1. The number of sulfone groups is 1. The number of carbonyl (C=O) groups is 1. The summed E-state index contributed by atoms with van der Waals surface area (Å²) in [5, 5.41) is 2.68. The number of nitrogens with one attached hydrogen (secondary N) is 1. The number of hydrogen-bond acceptors (Lipinski definition) is 7. The zero-order valence-corrected chi connectivity index (χ0v) is 18.8. The third kappa shape index (κ3) is 5.62. The van der Waals surface area contributed by atoms with Crippen molar-refractivity contribution in [2.24, 2.45) is 0 Å². The number of rotatable bonds is 7. The van der Waals surface area contributed by atoms with Crippen LogP contribution in [-0.2, 0) is 35.8 Å². The first-order chi connectivity index (χ1) is 14.6. The summed E-state index contributed by atoms with van der Waals surface area (Å²) < 4.78 is 60.9. The number of methoxy groups -OCH3 is 1. The average molecular weight is 469 g/mol. The minimum Gasteiger partial charge on any atom is -0.495 e. The molecule has 0 unspecified atom stereocenters. The number of morpholine rings is 1. The summed E-state index contributed by atoms with van der Waals surface area (Å²) in [6.45, 7) is 1.14. The third-order valence-electron chi connectivity index (χ3n) is 4.75. The summed E-state index contributed by atoms with van der Waals surface area (Å²) in [5.74, 6) is -0.168. The molecule has 0 aromatic heterocycles. The van der Waals surface area contributed by atoms with Crippen LogP contribution in [0.15, 0.2) is 52.3 Å². The molecule has 1 saturated heterocycles. The van der Waals surface area contributed by atoms with Gasteiger partial charge in [0, 0.05) is 25.0 Å². The maximum absolute atomic E-state index is 13.0. The van der Waals surface area contributed by atoms with E-state index < -0.39 is 19.9 Å². The molecule has 1 aliphatic heterocycles. The Balaban J connectivity index is 1.77. The fourth-order valence-electron chi connectivity index (χ4n) is 3.13. The van der Waals surface area contributed by atoms with Crippen LogP contribution in [0.4, 0.5) is 5.69 Å². The van der Waals surface area contributed by atoms with Gasteiger partial charge in [-0.15, -0.1) is 0 Å². The van der Waals surface area contributed by atoms with Gasteiger partial charge in [0.1, 0.15) is 10.6 Å². The lowest BCUT2D eigenvalue weighted by molar-refractivity contribution is -0.115. The Morgan fingerprint density at radius 2 is 1.71 bits per heavy atom. The van der Waals surface area contributed by atoms with Crippen LogP contribution in [0.25, 0.3) is 0 Å². The summed E-state index contributed by atoms with van der Waals surface area (Å²) in [6.07, 6.45) is 1.04. The Bertz CT molecular complexity index is 1150. The SMILES string of the molecule is COc1ccc(CC(=O)Nc2ccc(S(C)(=O)=O)cc2)cc1S(=O)(=O)N1CCOCC1. The lowest BCUT2D eigenvalue weighted by Crippen LogP contribution is -2.40. The van der Waals surface area contributed by atoms with E-state index in [2.05, 4.69) is 5.32 Å². The van der Waals surface area contributed by atoms with E-state index in [1.807, 2.05) is 0 Å². The van der Waals surface area contributed by atoms with Crippen molar-refractivity contribution in [3.05, 3.63) is 48.0 Å². The van der Waals surface area contributed by atoms with E-state index in [4.69, 9.17) is 9.47 Å².